The summed E-state index contributed by atoms with van der Waals surface area (Å²) >= 11 is 3.62. The van der Waals surface area contributed by atoms with E-state index in [-0.39, 0.29) is 18.4 Å². The smallest absolute Gasteiger partial charge is 0.234 e. The third kappa shape index (κ3) is 10.1. The van der Waals surface area contributed by atoms with Gasteiger partial charge in [-0.1, -0.05) is 13.0 Å². The number of halogens is 3. The molecule has 14 nitrogen and oxygen atoms in total. The standard InChI is InChI=1S/C50H60BrF2N10O4P/c1-6-31-25-42(57-50-54-29-37(51)48(59-50)56-41-11-10-40-35(8-7-30(2)55-40)47(41)68(4,5)66)44(67-3)28-43(31)63-19-15-33(16-20-63)62-23-21-61(22-24-62)32-13-17-60(18-14-32)34-26-38(52)46(39(53)27-34)36-9-12-45(64)58-49(36)65/h7-8,10-11,25-29,32-33,36H,6,9,12-24H2,1-5H3,(H,58,64,65)(H2,54,56,57,59)/t36-/m1/s1. The van der Waals surface area contributed by atoms with Crippen LogP contribution < -0.4 is 35.8 Å². The molecule has 0 saturated carbocycles. The van der Waals surface area contributed by atoms with E-state index >= 15 is 8.78 Å². The van der Waals surface area contributed by atoms with Gasteiger partial charge in [-0.05, 0) is 117 Å². The molecule has 0 unspecified atom stereocenters. The van der Waals surface area contributed by atoms with Gasteiger partial charge in [0.15, 0.2) is 0 Å². The van der Waals surface area contributed by atoms with E-state index < -0.39 is 36.5 Å². The van der Waals surface area contributed by atoms with Crippen molar-refractivity contribution in [3.8, 4) is 5.75 Å². The van der Waals surface area contributed by atoms with Gasteiger partial charge < -0.3 is 29.7 Å². The van der Waals surface area contributed by atoms with E-state index in [9.17, 15) is 14.2 Å². The number of pyridine rings is 1. The van der Waals surface area contributed by atoms with Crippen molar-refractivity contribution < 1.29 is 27.7 Å². The number of rotatable bonds is 12. The summed E-state index contributed by atoms with van der Waals surface area (Å²) in [4.78, 5) is 47.8. The summed E-state index contributed by atoms with van der Waals surface area (Å²) in [6.07, 6.45) is 6.67. The Morgan fingerprint density at radius 2 is 1.47 bits per heavy atom. The highest BCUT2D eigenvalue weighted by molar-refractivity contribution is 9.10. The summed E-state index contributed by atoms with van der Waals surface area (Å²) in [5.74, 6) is -1.92. The van der Waals surface area contributed by atoms with E-state index in [2.05, 4.69) is 75.6 Å². The highest BCUT2D eigenvalue weighted by atomic mass is 79.9. The van der Waals surface area contributed by atoms with Crippen molar-refractivity contribution in [1.82, 2.24) is 30.1 Å². The molecule has 2 aromatic heterocycles. The number of imide groups is 1. The van der Waals surface area contributed by atoms with E-state index in [4.69, 9.17) is 9.72 Å². The number of nitrogens with zero attached hydrogens (tertiary/aromatic N) is 7. The minimum atomic E-state index is -2.74. The maximum Gasteiger partial charge on any atom is 0.234 e. The van der Waals surface area contributed by atoms with Crippen LogP contribution >= 0.6 is 23.1 Å². The van der Waals surface area contributed by atoms with Gasteiger partial charge in [-0.3, -0.25) is 29.7 Å². The number of hydrogen-bond acceptors (Lipinski definition) is 13. The lowest BCUT2D eigenvalue weighted by molar-refractivity contribution is -0.134. The molecule has 3 aromatic carbocycles. The molecule has 0 radical (unpaired) electrons. The summed E-state index contributed by atoms with van der Waals surface area (Å²) < 4.78 is 50.9. The summed E-state index contributed by atoms with van der Waals surface area (Å²) in [5.41, 5.74) is 5.78. The summed E-state index contributed by atoms with van der Waals surface area (Å²) in [6, 6.07) is 15.7. The molecule has 360 valence electrons. The summed E-state index contributed by atoms with van der Waals surface area (Å²) in [6.45, 7) is 15.0. The summed E-state index contributed by atoms with van der Waals surface area (Å²) in [5, 5.41) is 10.6. The van der Waals surface area contributed by atoms with Crippen LogP contribution in [0, 0.1) is 18.6 Å². The molecule has 4 saturated heterocycles. The number of aryl methyl sites for hydroxylation is 2. The highest BCUT2D eigenvalue weighted by Crippen LogP contribution is 2.43. The molecule has 1 atom stereocenters. The van der Waals surface area contributed by atoms with E-state index in [1.165, 1.54) is 23.4 Å². The van der Waals surface area contributed by atoms with Crippen LogP contribution in [0.1, 0.15) is 68.2 Å². The lowest BCUT2D eigenvalue weighted by Crippen LogP contribution is -2.56. The average Bonchev–Trinajstić information content (AvgIpc) is 3.32. The Morgan fingerprint density at radius 3 is 2.07 bits per heavy atom. The predicted octanol–water partition coefficient (Wildman–Crippen LogP) is 8.46. The van der Waals surface area contributed by atoms with E-state index in [0.29, 0.717) is 58.5 Å². The van der Waals surface area contributed by atoms with Crippen molar-refractivity contribution in [2.24, 2.45) is 0 Å². The Morgan fingerprint density at radius 1 is 0.824 bits per heavy atom. The lowest BCUT2D eigenvalue weighted by Gasteiger charge is -2.46. The zero-order valence-corrected chi connectivity index (χ0v) is 41.9. The van der Waals surface area contributed by atoms with Crippen molar-refractivity contribution in [2.45, 2.75) is 76.8 Å². The van der Waals surface area contributed by atoms with Crippen LogP contribution in [-0.4, -0.2) is 121 Å². The monoisotopic (exact) mass is 1010 g/mol. The van der Waals surface area contributed by atoms with Crippen LogP contribution in [0.5, 0.6) is 5.75 Å². The molecule has 2 amide bonds. The molecule has 18 heteroatoms. The minimum Gasteiger partial charge on any atom is -0.494 e. The fourth-order valence-corrected chi connectivity index (χ4v) is 12.4. The van der Waals surface area contributed by atoms with Crippen molar-refractivity contribution in [3.05, 3.63) is 87.7 Å². The average molecular weight is 1010 g/mol. The second-order valence-corrected chi connectivity index (χ2v) is 22.8. The van der Waals surface area contributed by atoms with Crippen LogP contribution in [0.2, 0.25) is 0 Å². The van der Waals surface area contributed by atoms with Crippen LogP contribution in [0.3, 0.4) is 0 Å². The number of hydrogen-bond donors (Lipinski definition) is 3. The van der Waals surface area contributed by atoms with Crippen LogP contribution in [-0.2, 0) is 20.6 Å². The largest absolute Gasteiger partial charge is 0.494 e. The quantitative estimate of drug-likeness (QED) is 0.0812. The van der Waals surface area contributed by atoms with Crippen LogP contribution in [0.4, 0.5) is 43.3 Å². The van der Waals surface area contributed by atoms with Gasteiger partial charge >= 0.3 is 0 Å². The number of carbonyl (C=O) groups is 2. The second-order valence-electron chi connectivity index (χ2n) is 18.8. The molecule has 4 aliphatic heterocycles. The Kier molecular flexibility index (Phi) is 14.1. The molecule has 68 heavy (non-hydrogen) atoms. The molecule has 3 N–H and O–H groups in total. The maximum absolute atomic E-state index is 15.3. The van der Waals surface area contributed by atoms with Crippen molar-refractivity contribution in [1.29, 1.82) is 0 Å². The van der Waals surface area contributed by atoms with Gasteiger partial charge in [0.05, 0.1) is 34.4 Å². The molecular formula is C50H60BrF2N10O4P. The van der Waals surface area contributed by atoms with Crippen LogP contribution in [0.15, 0.2) is 59.2 Å². The first-order valence-electron chi connectivity index (χ1n) is 23.7. The van der Waals surface area contributed by atoms with Crippen molar-refractivity contribution in [2.75, 3.05) is 93.2 Å². The number of aromatic nitrogens is 3. The van der Waals surface area contributed by atoms with Crippen molar-refractivity contribution in [3.63, 3.8) is 0 Å². The molecule has 4 aliphatic rings. The highest BCUT2D eigenvalue weighted by Gasteiger charge is 2.35. The first kappa shape index (κ1) is 47.8. The molecular weight excluding hydrogens is 953 g/mol. The number of methoxy groups -OCH3 is 1. The predicted molar refractivity (Wildman–Crippen MR) is 269 cm³/mol. The van der Waals surface area contributed by atoms with Gasteiger partial charge in [-0.15, -0.1) is 0 Å². The molecule has 0 spiro atoms. The number of amides is 2. The zero-order chi connectivity index (χ0) is 47.9. The van der Waals surface area contributed by atoms with Gasteiger partial charge in [0, 0.05) is 116 Å². The fraction of sp³-hybridized carbons (Fsp3) is 0.460. The SMILES string of the molecule is CCc1cc(Nc2ncc(Br)c(Nc3ccc4nc(C)ccc4c3P(C)(C)=O)n2)c(OC)cc1N1CCC(N2CCN(C3CCN(c4cc(F)c([C@H]5CCC(=O)NC5=O)c(F)c4)CC3)CC2)CC1. The van der Waals surface area contributed by atoms with Crippen LogP contribution in [0.25, 0.3) is 10.9 Å². The normalized spacial score (nSPS) is 19.4. The Hall–Kier alpha value is -5.22. The van der Waals surface area contributed by atoms with E-state index in [1.807, 2.05) is 36.1 Å². The topological polar surface area (TPSA) is 148 Å². The second kappa shape index (κ2) is 20.0. The summed E-state index contributed by atoms with van der Waals surface area (Å²) in [7, 11) is -1.06. The molecule has 5 aromatic rings. The molecule has 4 fully saturated rings. The number of ether oxygens (including phenoxy) is 1. The molecule has 0 aliphatic carbocycles. The third-order valence-electron chi connectivity index (χ3n) is 14.2. The zero-order valence-electron chi connectivity index (χ0n) is 39.4. The fourth-order valence-electron chi connectivity index (χ4n) is 10.7. The van der Waals surface area contributed by atoms with Gasteiger partial charge in [0.2, 0.25) is 17.8 Å². The Bertz CT molecular complexity index is 2750. The molecule has 9 rings (SSSR count). The number of benzene rings is 3. The minimum absolute atomic E-state index is 0.0655. The number of fused-ring (bicyclic) bond motifs is 1. The van der Waals surface area contributed by atoms with Gasteiger partial charge in [0.25, 0.3) is 0 Å². The van der Waals surface area contributed by atoms with E-state index in [1.54, 1.807) is 26.6 Å². The van der Waals surface area contributed by atoms with Gasteiger partial charge in [-0.25, -0.2) is 13.8 Å². The number of carbonyl (C=O) groups excluding carboxylic acids is 2. The molecule has 0 bridgehead atoms. The van der Waals surface area contributed by atoms with Gasteiger partial charge in [0.1, 0.15) is 30.3 Å². The number of piperazine rings is 1. The number of anilines is 6. The van der Waals surface area contributed by atoms with Crippen molar-refractivity contribution >= 4 is 85.6 Å². The van der Waals surface area contributed by atoms with Gasteiger partial charge in [-0.2, -0.15) is 4.98 Å². The Balaban J connectivity index is 0.788. The van der Waals surface area contributed by atoms with E-state index in [0.717, 1.165) is 99.0 Å². The number of nitrogens with one attached hydrogen (secondary N) is 3. The first-order chi connectivity index (χ1) is 32.7. The lowest BCUT2D eigenvalue weighted by atomic mass is 9.89. The number of piperidine rings is 3. The first-order valence-corrected chi connectivity index (χ1v) is 27.1. The molecule has 6 heterocycles. The Labute approximate surface area is 405 Å². The third-order valence-corrected chi connectivity index (χ3v) is 16.4. The maximum atomic E-state index is 15.3.